The second-order valence-electron chi connectivity index (χ2n) is 15.4. The van der Waals surface area contributed by atoms with Gasteiger partial charge in [-0.25, -0.2) is 0 Å². The molecule has 0 amide bonds. The molecule has 0 aromatic heterocycles. The van der Waals surface area contributed by atoms with Crippen LogP contribution in [0.15, 0.2) is 11.6 Å². The lowest BCUT2D eigenvalue weighted by Crippen LogP contribution is -2.68. The van der Waals surface area contributed by atoms with Crippen molar-refractivity contribution in [3.8, 4) is 6.07 Å². The van der Waals surface area contributed by atoms with Crippen LogP contribution in [0.4, 0.5) is 0 Å². The summed E-state index contributed by atoms with van der Waals surface area (Å²) in [6.45, 7) is 14.3. The third kappa shape index (κ3) is 2.73. The summed E-state index contributed by atoms with van der Waals surface area (Å²) in [7, 11) is 1.37. The first-order valence-corrected chi connectivity index (χ1v) is 14.5. The Bertz CT molecular complexity index is 1320. The van der Waals surface area contributed by atoms with Gasteiger partial charge in [0, 0.05) is 28.6 Å². The zero-order valence-corrected chi connectivity index (χ0v) is 24.5. The Morgan fingerprint density at radius 1 is 1.05 bits per heavy atom. The molecule has 0 bridgehead atoms. The number of carbonyl (C=O) groups excluding carboxylic acids is 4. The molecule has 0 spiro atoms. The van der Waals surface area contributed by atoms with Crippen LogP contribution >= 0.6 is 0 Å². The summed E-state index contributed by atoms with van der Waals surface area (Å²) in [5.41, 5.74) is -4.31. The van der Waals surface area contributed by atoms with Crippen molar-refractivity contribution in [3.63, 3.8) is 0 Å². The molecule has 6 rings (SSSR count). The van der Waals surface area contributed by atoms with Crippen molar-refractivity contribution < 1.29 is 28.7 Å². The molecule has 39 heavy (non-hydrogen) atoms. The normalized spacial score (nSPS) is 50.6. The van der Waals surface area contributed by atoms with Crippen molar-refractivity contribution in [2.75, 3.05) is 7.11 Å². The van der Waals surface area contributed by atoms with E-state index in [1.807, 2.05) is 33.8 Å². The number of hydrogen-bond acceptors (Lipinski definition) is 7. The number of nitriles is 1. The number of hydrogen-bond donors (Lipinski definition) is 0. The minimum atomic E-state index is -1.45. The summed E-state index contributed by atoms with van der Waals surface area (Å²) >= 11 is 0. The molecule has 0 aromatic carbocycles. The van der Waals surface area contributed by atoms with Crippen LogP contribution in [0.2, 0.25) is 0 Å². The Balaban J connectivity index is 1.53. The van der Waals surface area contributed by atoms with Gasteiger partial charge in [-0.05, 0) is 60.8 Å². The Kier molecular flexibility index (Phi) is 5.03. The lowest BCUT2D eigenvalue weighted by atomic mass is 9.33. The van der Waals surface area contributed by atoms with E-state index in [9.17, 15) is 24.4 Å². The minimum absolute atomic E-state index is 0.00658. The highest BCUT2D eigenvalue weighted by molar-refractivity contribution is 6.01. The van der Waals surface area contributed by atoms with Crippen molar-refractivity contribution >= 4 is 23.3 Å². The number of fused-ring (bicyclic) bond motifs is 9. The van der Waals surface area contributed by atoms with Gasteiger partial charge in [-0.2, -0.15) is 5.26 Å². The molecule has 0 radical (unpaired) electrons. The standard InChI is InChI=1S/C32H41NO6/c1-26(2)14-17-22-18(34)13-20-28(5,29(22,6)11-12-31(17,15-21(26)35)25(37)38-8)10-9-19-27(3,4)23(36)32(16-33)24(39-32)30(19,20)7/h13,17,19,22,24H,9-12,14-15H2,1-8H3. The molecule has 5 fully saturated rings. The molecular formula is C32H41NO6. The SMILES string of the molecule is COC(=O)C12CCC3(C)C(C(=O)C=C4C5(C)C(CCC43C)C(C)(C)C(=O)C3(C#N)OC35)C1CC(C)(C)C(=O)C2. The number of allylic oxidation sites excluding steroid dienone is 1. The Labute approximate surface area is 231 Å². The van der Waals surface area contributed by atoms with Crippen LogP contribution in [0.1, 0.15) is 87.0 Å². The predicted octanol–water partition coefficient (Wildman–Crippen LogP) is 4.77. The summed E-state index contributed by atoms with van der Waals surface area (Å²) in [6.07, 6.45) is 4.54. The molecule has 1 saturated heterocycles. The lowest BCUT2D eigenvalue weighted by molar-refractivity contribution is -0.193. The maximum absolute atomic E-state index is 14.5. The van der Waals surface area contributed by atoms with Gasteiger partial charge in [0.15, 0.2) is 11.6 Å². The molecule has 7 nitrogen and oxygen atoms in total. The van der Waals surface area contributed by atoms with E-state index in [-0.39, 0.29) is 41.6 Å². The number of rotatable bonds is 1. The van der Waals surface area contributed by atoms with Gasteiger partial charge in [0.1, 0.15) is 18.0 Å². The van der Waals surface area contributed by atoms with E-state index in [0.717, 1.165) is 18.4 Å². The Morgan fingerprint density at radius 2 is 1.72 bits per heavy atom. The van der Waals surface area contributed by atoms with E-state index in [0.29, 0.717) is 19.3 Å². The molecular weight excluding hydrogens is 494 g/mol. The van der Waals surface area contributed by atoms with Crippen LogP contribution < -0.4 is 0 Å². The van der Waals surface area contributed by atoms with E-state index < -0.39 is 50.1 Å². The number of methoxy groups -OCH3 is 1. The molecule has 1 heterocycles. The number of ketones is 3. The fraction of sp³-hybridized carbons (Fsp3) is 0.781. The molecule has 6 aliphatic rings. The summed E-state index contributed by atoms with van der Waals surface area (Å²) in [5, 5.41) is 10.1. The first-order valence-electron chi connectivity index (χ1n) is 14.5. The molecule has 1 aliphatic heterocycles. The van der Waals surface area contributed by atoms with Gasteiger partial charge in [0.2, 0.25) is 5.60 Å². The van der Waals surface area contributed by atoms with Gasteiger partial charge >= 0.3 is 5.97 Å². The quantitative estimate of drug-likeness (QED) is 0.351. The van der Waals surface area contributed by atoms with Crippen LogP contribution in [0.25, 0.3) is 0 Å². The first kappa shape index (κ1) is 26.9. The van der Waals surface area contributed by atoms with E-state index in [4.69, 9.17) is 9.47 Å². The van der Waals surface area contributed by atoms with Crippen molar-refractivity contribution in [1.29, 1.82) is 5.26 Å². The van der Waals surface area contributed by atoms with E-state index >= 15 is 0 Å². The highest BCUT2D eigenvalue weighted by Gasteiger charge is 2.82. The van der Waals surface area contributed by atoms with Gasteiger partial charge in [-0.3, -0.25) is 19.2 Å². The monoisotopic (exact) mass is 535 g/mol. The van der Waals surface area contributed by atoms with Crippen LogP contribution in [-0.2, 0) is 28.7 Å². The van der Waals surface area contributed by atoms with E-state index in [2.05, 4.69) is 26.8 Å². The van der Waals surface area contributed by atoms with Gasteiger partial charge < -0.3 is 9.47 Å². The molecule has 9 unspecified atom stereocenters. The Hall–Kier alpha value is -2.33. The fourth-order valence-electron chi connectivity index (χ4n) is 10.8. The van der Waals surface area contributed by atoms with Gasteiger partial charge in [0.05, 0.1) is 12.5 Å². The average molecular weight is 536 g/mol. The predicted molar refractivity (Wildman–Crippen MR) is 141 cm³/mol. The molecule has 5 aliphatic carbocycles. The van der Waals surface area contributed by atoms with Crippen LogP contribution in [0.5, 0.6) is 0 Å². The van der Waals surface area contributed by atoms with Crippen molar-refractivity contribution in [3.05, 3.63) is 11.6 Å². The third-order valence-corrected chi connectivity index (χ3v) is 13.2. The minimum Gasteiger partial charge on any atom is -0.469 e. The topological polar surface area (TPSA) is 114 Å². The molecule has 7 heteroatoms. The molecule has 4 saturated carbocycles. The van der Waals surface area contributed by atoms with Crippen molar-refractivity contribution in [1.82, 2.24) is 0 Å². The van der Waals surface area contributed by atoms with Crippen molar-refractivity contribution in [2.45, 2.75) is 98.7 Å². The summed E-state index contributed by atoms with van der Waals surface area (Å²) in [6, 6.07) is 2.21. The lowest BCUT2D eigenvalue weighted by Gasteiger charge is -2.68. The summed E-state index contributed by atoms with van der Waals surface area (Å²) in [4.78, 5) is 54.6. The summed E-state index contributed by atoms with van der Waals surface area (Å²) < 4.78 is 11.4. The van der Waals surface area contributed by atoms with E-state index in [1.54, 1.807) is 0 Å². The van der Waals surface area contributed by atoms with Gasteiger partial charge in [-0.1, -0.05) is 54.0 Å². The highest BCUT2D eigenvalue weighted by Crippen LogP contribution is 2.77. The largest absolute Gasteiger partial charge is 0.469 e. The smallest absolute Gasteiger partial charge is 0.312 e. The van der Waals surface area contributed by atoms with E-state index in [1.165, 1.54) is 7.11 Å². The number of nitrogens with zero attached hydrogens (tertiary/aromatic N) is 1. The maximum atomic E-state index is 14.5. The summed E-state index contributed by atoms with van der Waals surface area (Å²) in [5.74, 6) is -1.25. The molecule has 210 valence electrons. The van der Waals surface area contributed by atoms with Gasteiger partial charge in [0.25, 0.3) is 0 Å². The second kappa shape index (κ2) is 7.29. The second-order valence-corrected chi connectivity index (χ2v) is 15.4. The maximum Gasteiger partial charge on any atom is 0.312 e. The van der Waals surface area contributed by atoms with Gasteiger partial charge in [-0.15, -0.1) is 0 Å². The number of Topliss-reactive ketones (excluding diaryl/α,β-unsaturated/α-hetero) is 2. The highest BCUT2D eigenvalue weighted by atomic mass is 16.6. The molecule has 0 N–H and O–H groups in total. The number of esters is 1. The average Bonchev–Trinajstić information content (AvgIpc) is 3.62. The third-order valence-electron chi connectivity index (χ3n) is 13.2. The zero-order valence-electron chi connectivity index (χ0n) is 24.5. The number of ether oxygens (including phenoxy) is 2. The number of epoxide rings is 1. The van der Waals surface area contributed by atoms with Crippen LogP contribution in [-0.4, -0.2) is 42.1 Å². The Morgan fingerprint density at radius 3 is 2.33 bits per heavy atom. The van der Waals surface area contributed by atoms with Crippen LogP contribution in [0, 0.1) is 61.6 Å². The van der Waals surface area contributed by atoms with Crippen molar-refractivity contribution in [2.24, 2.45) is 50.2 Å². The first-order chi connectivity index (χ1) is 17.9. The number of carbonyl (C=O) groups is 4. The van der Waals surface area contributed by atoms with Crippen LogP contribution in [0.3, 0.4) is 0 Å². The fourth-order valence-corrected chi connectivity index (χ4v) is 10.8. The zero-order chi connectivity index (χ0) is 28.8. The molecule has 0 aromatic rings. The molecule has 9 atom stereocenters.